The van der Waals surface area contributed by atoms with E-state index < -0.39 is 0 Å². The lowest BCUT2D eigenvalue weighted by Gasteiger charge is -2.13. The number of carbonyl (C=O) groups is 1. The molecule has 2 aromatic carbocycles. The summed E-state index contributed by atoms with van der Waals surface area (Å²) in [6.07, 6.45) is 0. The molecule has 0 unspecified atom stereocenters. The topological polar surface area (TPSA) is 51.2 Å². The van der Waals surface area contributed by atoms with Crippen molar-refractivity contribution >= 4 is 44.2 Å². The van der Waals surface area contributed by atoms with Gasteiger partial charge in [0.15, 0.2) is 11.7 Å². The fraction of sp³-hybridized carbons (Fsp3) is 0.222. The number of aromatic nitrogens is 1. The number of hydrogen-bond donors (Lipinski definition) is 1. The number of aryl methyl sites for hydroxylation is 2. The number of fused-ring (bicyclic) bond motifs is 1. The van der Waals surface area contributed by atoms with Gasteiger partial charge in [0, 0.05) is 5.02 Å². The summed E-state index contributed by atoms with van der Waals surface area (Å²) in [6.45, 7) is 5.93. The fourth-order valence-electron chi connectivity index (χ4n) is 2.39. The van der Waals surface area contributed by atoms with Crippen LogP contribution in [0, 0.1) is 20.8 Å². The first-order chi connectivity index (χ1) is 11.4. The molecule has 0 saturated heterocycles. The van der Waals surface area contributed by atoms with Crippen LogP contribution in [-0.2, 0) is 4.79 Å². The molecular formula is C18H17ClN2O2S. The monoisotopic (exact) mass is 360 g/mol. The van der Waals surface area contributed by atoms with Crippen LogP contribution in [0.3, 0.4) is 0 Å². The number of benzene rings is 2. The molecule has 0 aliphatic carbocycles. The second-order valence-corrected chi connectivity index (χ2v) is 7.09. The average Bonchev–Trinajstić information content (AvgIpc) is 2.92. The maximum Gasteiger partial charge on any atom is 0.264 e. The van der Waals surface area contributed by atoms with Gasteiger partial charge < -0.3 is 4.74 Å². The van der Waals surface area contributed by atoms with Crippen LogP contribution in [0.5, 0.6) is 5.75 Å². The summed E-state index contributed by atoms with van der Waals surface area (Å²) < 4.78 is 6.65. The minimum absolute atomic E-state index is 0.0538. The van der Waals surface area contributed by atoms with Gasteiger partial charge in [-0.25, -0.2) is 4.98 Å². The number of hydrogen-bond acceptors (Lipinski definition) is 4. The van der Waals surface area contributed by atoms with Crippen LogP contribution in [0.2, 0.25) is 5.02 Å². The van der Waals surface area contributed by atoms with E-state index in [0.717, 1.165) is 32.7 Å². The number of halogens is 1. The number of nitrogens with one attached hydrogen (secondary N) is 1. The van der Waals surface area contributed by atoms with Gasteiger partial charge in [-0.15, -0.1) is 0 Å². The lowest BCUT2D eigenvalue weighted by molar-refractivity contribution is -0.118. The highest BCUT2D eigenvalue weighted by Crippen LogP contribution is 2.28. The van der Waals surface area contributed by atoms with E-state index in [-0.39, 0.29) is 12.5 Å². The molecule has 24 heavy (non-hydrogen) atoms. The smallest absolute Gasteiger partial charge is 0.264 e. The Morgan fingerprint density at radius 3 is 2.75 bits per heavy atom. The molecule has 0 atom stereocenters. The summed E-state index contributed by atoms with van der Waals surface area (Å²) in [5.41, 5.74) is 4.02. The molecule has 3 aromatic rings. The van der Waals surface area contributed by atoms with Crippen LogP contribution in [0.4, 0.5) is 5.13 Å². The normalized spacial score (nSPS) is 10.8. The molecule has 0 saturated carbocycles. The van der Waals surface area contributed by atoms with E-state index in [1.807, 2.05) is 45.0 Å². The molecule has 0 aliphatic heterocycles. The predicted octanol–water partition coefficient (Wildman–Crippen LogP) is 4.89. The summed E-state index contributed by atoms with van der Waals surface area (Å²) in [4.78, 5) is 16.5. The van der Waals surface area contributed by atoms with Gasteiger partial charge in [0.1, 0.15) is 5.75 Å². The van der Waals surface area contributed by atoms with Crippen LogP contribution >= 0.6 is 22.9 Å². The summed E-state index contributed by atoms with van der Waals surface area (Å²) in [7, 11) is 0. The molecule has 0 aliphatic rings. The van der Waals surface area contributed by atoms with Crippen LogP contribution in [0.15, 0.2) is 30.3 Å². The molecule has 3 rings (SSSR count). The van der Waals surface area contributed by atoms with Crippen molar-refractivity contribution in [2.24, 2.45) is 0 Å². The van der Waals surface area contributed by atoms with Crippen molar-refractivity contribution in [1.82, 2.24) is 4.98 Å². The SMILES string of the molecule is Cc1ccc(C)c(OCC(=O)Nc2nc3ccc(Cl)cc3s2)c1C. The fourth-order valence-corrected chi connectivity index (χ4v) is 3.55. The highest BCUT2D eigenvalue weighted by atomic mass is 35.5. The minimum Gasteiger partial charge on any atom is -0.483 e. The Labute approximate surface area is 149 Å². The Morgan fingerprint density at radius 1 is 1.21 bits per heavy atom. The Morgan fingerprint density at radius 2 is 1.96 bits per heavy atom. The van der Waals surface area contributed by atoms with Gasteiger partial charge in [0.25, 0.3) is 5.91 Å². The Bertz CT molecular complexity index is 921. The maximum atomic E-state index is 12.1. The number of nitrogens with zero attached hydrogens (tertiary/aromatic N) is 1. The zero-order valence-corrected chi connectivity index (χ0v) is 15.2. The minimum atomic E-state index is -0.236. The number of carbonyl (C=O) groups excluding carboxylic acids is 1. The molecule has 1 amide bonds. The predicted molar refractivity (Wildman–Crippen MR) is 99.4 cm³/mol. The van der Waals surface area contributed by atoms with Gasteiger partial charge in [-0.05, 0) is 55.7 Å². The maximum absolute atomic E-state index is 12.1. The largest absolute Gasteiger partial charge is 0.483 e. The van der Waals surface area contributed by atoms with Gasteiger partial charge >= 0.3 is 0 Å². The molecule has 0 fully saturated rings. The van der Waals surface area contributed by atoms with E-state index in [1.165, 1.54) is 11.3 Å². The molecule has 0 spiro atoms. The van der Waals surface area contributed by atoms with Crippen molar-refractivity contribution in [2.75, 3.05) is 11.9 Å². The van der Waals surface area contributed by atoms with E-state index in [2.05, 4.69) is 10.3 Å². The molecule has 6 heteroatoms. The van der Waals surface area contributed by atoms with Crippen molar-refractivity contribution in [3.63, 3.8) is 0 Å². The van der Waals surface area contributed by atoms with Gasteiger partial charge in [-0.3, -0.25) is 10.1 Å². The van der Waals surface area contributed by atoms with Crippen molar-refractivity contribution in [3.05, 3.63) is 52.0 Å². The number of thiazole rings is 1. The zero-order chi connectivity index (χ0) is 17.3. The quantitative estimate of drug-likeness (QED) is 0.720. The molecular weight excluding hydrogens is 344 g/mol. The van der Waals surface area contributed by atoms with Crippen LogP contribution in [0.25, 0.3) is 10.2 Å². The second kappa shape index (κ2) is 6.79. The Kier molecular flexibility index (Phi) is 4.73. The third-order valence-electron chi connectivity index (χ3n) is 3.82. The first kappa shape index (κ1) is 16.7. The first-order valence-corrected chi connectivity index (χ1v) is 8.69. The van der Waals surface area contributed by atoms with Gasteiger partial charge in [-0.1, -0.05) is 35.1 Å². The third kappa shape index (κ3) is 3.52. The Balaban J connectivity index is 1.68. The lowest BCUT2D eigenvalue weighted by atomic mass is 10.1. The van der Waals surface area contributed by atoms with Crippen LogP contribution in [-0.4, -0.2) is 17.5 Å². The third-order valence-corrected chi connectivity index (χ3v) is 4.99. The average molecular weight is 361 g/mol. The van der Waals surface area contributed by atoms with Crippen molar-refractivity contribution < 1.29 is 9.53 Å². The number of ether oxygens (including phenoxy) is 1. The second-order valence-electron chi connectivity index (χ2n) is 5.62. The standard InChI is InChI=1S/C18H17ClN2O2S/c1-10-4-5-11(2)17(12(10)3)23-9-16(22)21-18-20-14-7-6-13(19)8-15(14)24-18/h4-8H,9H2,1-3H3,(H,20,21,22). The molecule has 1 aromatic heterocycles. The number of anilines is 1. The molecule has 0 radical (unpaired) electrons. The first-order valence-electron chi connectivity index (χ1n) is 7.49. The highest BCUT2D eigenvalue weighted by molar-refractivity contribution is 7.22. The molecule has 4 nitrogen and oxygen atoms in total. The summed E-state index contributed by atoms with van der Waals surface area (Å²) in [5.74, 6) is 0.529. The van der Waals surface area contributed by atoms with Gasteiger partial charge in [0.05, 0.1) is 10.2 Å². The summed E-state index contributed by atoms with van der Waals surface area (Å²) >= 11 is 7.35. The van der Waals surface area contributed by atoms with Crippen molar-refractivity contribution in [2.45, 2.75) is 20.8 Å². The highest BCUT2D eigenvalue weighted by Gasteiger charge is 2.11. The van der Waals surface area contributed by atoms with E-state index in [9.17, 15) is 4.79 Å². The van der Waals surface area contributed by atoms with Crippen molar-refractivity contribution in [3.8, 4) is 5.75 Å². The van der Waals surface area contributed by atoms with E-state index in [4.69, 9.17) is 16.3 Å². The summed E-state index contributed by atoms with van der Waals surface area (Å²) in [5, 5.41) is 3.97. The zero-order valence-electron chi connectivity index (χ0n) is 13.6. The van der Waals surface area contributed by atoms with Crippen molar-refractivity contribution in [1.29, 1.82) is 0 Å². The number of amides is 1. The molecule has 0 bridgehead atoms. The molecule has 124 valence electrons. The molecule has 1 N–H and O–H groups in total. The lowest BCUT2D eigenvalue weighted by Crippen LogP contribution is -2.20. The summed E-state index contributed by atoms with van der Waals surface area (Å²) in [6, 6.07) is 9.48. The molecule has 1 heterocycles. The van der Waals surface area contributed by atoms with E-state index >= 15 is 0 Å². The van der Waals surface area contributed by atoms with Crippen LogP contribution in [0.1, 0.15) is 16.7 Å². The van der Waals surface area contributed by atoms with E-state index in [0.29, 0.717) is 10.2 Å². The van der Waals surface area contributed by atoms with Gasteiger partial charge in [0.2, 0.25) is 0 Å². The van der Waals surface area contributed by atoms with Crippen LogP contribution < -0.4 is 10.1 Å². The van der Waals surface area contributed by atoms with E-state index in [1.54, 1.807) is 6.07 Å². The van der Waals surface area contributed by atoms with Gasteiger partial charge in [-0.2, -0.15) is 0 Å². The Hall–Kier alpha value is -2.11. The number of rotatable bonds is 4.